The number of benzene rings is 1. The second kappa shape index (κ2) is 15.1. The molecule has 1 saturated carbocycles. The number of nitrogens with two attached hydrogens (primary N) is 1. The molecule has 0 spiro atoms. The molecule has 0 bridgehead atoms. The molecule has 1 aromatic rings. The van der Waals surface area contributed by atoms with E-state index in [4.69, 9.17) is 5.73 Å². The van der Waals surface area contributed by atoms with Crippen LogP contribution in [-0.2, 0) is 20.9 Å². The number of nitrogens with one attached hydrogen (secondary N) is 2. The number of hydrogen-bond acceptors (Lipinski definition) is 4. The predicted octanol–water partition coefficient (Wildman–Crippen LogP) is 4.44. The van der Waals surface area contributed by atoms with Gasteiger partial charge < -0.3 is 21.3 Å². The quantitative estimate of drug-likeness (QED) is 0.285. The summed E-state index contributed by atoms with van der Waals surface area (Å²) in [5, 5.41) is 5.61. The summed E-state index contributed by atoms with van der Waals surface area (Å²) in [6.45, 7) is 8.59. The lowest BCUT2D eigenvalue weighted by molar-refractivity contribution is -0.131. The smallest absolute Gasteiger partial charge is 0.250 e. The normalized spacial score (nSPS) is 15.2. The number of rotatable bonds is 13. The maximum Gasteiger partial charge on any atom is 0.250 e. The molecule has 1 aliphatic carbocycles. The molecule has 1 fully saturated rings. The highest BCUT2D eigenvalue weighted by atomic mass is 16.2. The van der Waals surface area contributed by atoms with E-state index in [1.807, 2.05) is 49.1 Å². The van der Waals surface area contributed by atoms with Crippen molar-refractivity contribution in [2.24, 2.45) is 5.73 Å². The highest BCUT2D eigenvalue weighted by Gasteiger charge is 2.27. The van der Waals surface area contributed by atoms with Crippen molar-refractivity contribution < 1.29 is 14.4 Å². The van der Waals surface area contributed by atoms with Crippen molar-refractivity contribution in [1.82, 2.24) is 10.2 Å². The molecule has 0 heterocycles. The minimum atomic E-state index is -0.708. The van der Waals surface area contributed by atoms with E-state index in [-0.39, 0.29) is 23.8 Å². The summed E-state index contributed by atoms with van der Waals surface area (Å²) in [5.74, 6) is -0.236. The Hall–Kier alpha value is -2.93. The van der Waals surface area contributed by atoms with E-state index in [1.165, 1.54) is 6.42 Å². The highest BCUT2D eigenvalue weighted by Crippen LogP contribution is 2.26. The summed E-state index contributed by atoms with van der Waals surface area (Å²) in [5.41, 5.74) is 8.42. The van der Waals surface area contributed by atoms with E-state index >= 15 is 0 Å². The Labute approximate surface area is 210 Å². The summed E-state index contributed by atoms with van der Waals surface area (Å²) in [6.07, 6.45) is 11.4. The summed E-state index contributed by atoms with van der Waals surface area (Å²) < 4.78 is 0. The van der Waals surface area contributed by atoms with Crippen LogP contribution in [0.5, 0.6) is 0 Å². The average molecular weight is 483 g/mol. The van der Waals surface area contributed by atoms with Gasteiger partial charge in [-0.3, -0.25) is 14.4 Å². The van der Waals surface area contributed by atoms with Gasteiger partial charge in [0.15, 0.2) is 0 Å². The fraction of sp³-hybridized carbons (Fsp3) is 0.536. The van der Waals surface area contributed by atoms with Crippen molar-refractivity contribution >= 4 is 23.4 Å². The topological polar surface area (TPSA) is 105 Å². The van der Waals surface area contributed by atoms with Crippen LogP contribution >= 0.6 is 0 Å². The van der Waals surface area contributed by atoms with Crippen LogP contribution in [0, 0.1) is 0 Å². The van der Waals surface area contributed by atoms with Crippen molar-refractivity contribution in [2.75, 3.05) is 11.9 Å². The maximum absolute atomic E-state index is 13.3. The van der Waals surface area contributed by atoms with Crippen molar-refractivity contribution in [3.8, 4) is 0 Å². The van der Waals surface area contributed by atoms with Crippen LogP contribution in [0.1, 0.15) is 77.2 Å². The number of hydrogen-bond donors (Lipinski definition) is 3. The zero-order valence-electron chi connectivity index (χ0n) is 21.4. The predicted molar refractivity (Wildman–Crippen MR) is 142 cm³/mol. The number of carbonyl (C=O) groups is 3. The maximum atomic E-state index is 13.3. The van der Waals surface area contributed by atoms with Gasteiger partial charge in [-0.05, 0) is 49.8 Å². The average Bonchev–Trinajstić information content (AvgIpc) is 2.87. The van der Waals surface area contributed by atoms with Gasteiger partial charge in [-0.1, -0.05) is 64.0 Å². The molecule has 35 heavy (non-hydrogen) atoms. The first-order valence-electron chi connectivity index (χ1n) is 12.9. The standard InChI is InChI=1S/C28H42N4O3/c1-4-10-22(6-3)28(35)32(24-12-8-7-9-13-24)20-21-14-16-23(17-15-21)31-27(34)25(29)18-19-30-26(33)11-5-2/h4,10,14-17,24-25H,1,5-9,11-13,18-20,29H2,2-3H3,(H,30,33)(H,31,34)/b22-10+. The van der Waals surface area contributed by atoms with Crippen LogP contribution in [0.3, 0.4) is 0 Å². The zero-order valence-corrected chi connectivity index (χ0v) is 21.4. The lowest BCUT2D eigenvalue weighted by Crippen LogP contribution is -2.41. The minimum Gasteiger partial charge on any atom is -0.356 e. The zero-order chi connectivity index (χ0) is 25.6. The second-order valence-electron chi connectivity index (χ2n) is 9.19. The van der Waals surface area contributed by atoms with Gasteiger partial charge in [0.05, 0.1) is 6.04 Å². The lowest BCUT2D eigenvalue weighted by atomic mass is 9.93. The Morgan fingerprint density at radius 3 is 2.43 bits per heavy atom. The van der Waals surface area contributed by atoms with Crippen LogP contribution in [0.15, 0.2) is 48.6 Å². The molecule has 1 unspecified atom stereocenters. The molecule has 3 amide bonds. The van der Waals surface area contributed by atoms with Crippen molar-refractivity contribution in [1.29, 1.82) is 0 Å². The molecule has 0 radical (unpaired) electrons. The van der Waals surface area contributed by atoms with E-state index < -0.39 is 6.04 Å². The Morgan fingerprint density at radius 1 is 1.14 bits per heavy atom. The van der Waals surface area contributed by atoms with Crippen LogP contribution in [0.25, 0.3) is 0 Å². The summed E-state index contributed by atoms with van der Waals surface area (Å²) in [4.78, 5) is 39.3. The van der Waals surface area contributed by atoms with E-state index in [9.17, 15) is 14.4 Å². The largest absolute Gasteiger partial charge is 0.356 e. The monoisotopic (exact) mass is 482 g/mol. The third kappa shape index (κ3) is 9.32. The van der Waals surface area contributed by atoms with Crippen LogP contribution in [-0.4, -0.2) is 41.2 Å². The lowest BCUT2D eigenvalue weighted by Gasteiger charge is -2.35. The fourth-order valence-corrected chi connectivity index (χ4v) is 4.37. The molecule has 1 aromatic carbocycles. The van der Waals surface area contributed by atoms with Gasteiger partial charge in [-0.15, -0.1) is 0 Å². The van der Waals surface area contributed by atoms with Gasteiger partial charge in [0, 0.05) is 36.8 Å². The molecule has 0 aliphatic heterocycles. The first-order valence-corrected chi connectivity index (χ1v) is 12.9. The van der Waals surface area contributed by atoms with Gasteiger partial charge in [0.25, 0.3) is 0 Å². The number of amides is 3. The molecule has 1 atom stereocenters. The Morgan fingerprint density at radius 2 is 1.83 bits per heavy atom. The molecule has 0 saturated heterocycles. The third-order valence-corrected chi connectivity index (χ3v) is 6.42. The first kappa shape index (κ1) is 28.3. The second-order valence-corrected chi connectivity index (χ2v) is 9.19. The van der Waals surface area contributed by atoms with E-state index in [0.29, 0.717) is 38.0 Å². The Kier molecular flexibility index (Phi) is 12.2. The fourth-order valence-electron chi connectivity index (χ4n) is 4.37. The molecule has 4 N–H and O–H groups in total. The molecule has 7 heteroatoms. The van der Waals surface area contributed by atoms with E-state index in [0.717, 1.165) is 43.2 Å². The molecule has 0 aromatic heterocycles. The first-order chi connectivity index (χ1) is 16.9. The molecular formula is C28H42N4O3. The molecular weight excluding hydrogens is 440 g/mol. The van der Waals surface area contributed by atoms with E-state index in [2.05, 4.69) is 17.2 Å². The number of carbonyl (C=O) groups excluding carboxylic acids is 3. The summed E-state index contributed by atoms with van der Waals surface area (Å²) in [6, 6.07) is 7.10. The van der Waals surface area contributed by atoms with Crippen LogP contribution in [0.2, 0.25) is 0 Å². The third-order valence-electron chi connectivity index (χ3n) is 6.42. The van der Waals surface area contributed by atoms with Crippen LogP contribution < -0.4 is 16.4 Å². The summed E-state index contributed by atoms with van der Waals surface area (Å²) in [7, 11) is 0. The van der Waals surface area contributed by atoms with Crippen LogP contribution in [0.4, 0.5) is 5.69 Å². The minimum absolute atomic E-state index is 0.0255. The Bertz CT molecular complexity index is 873. The van der Waals surface area contributed by atoms with Gasteiger partial charge in [0.1, 0.15) is 0 Å². The number of anilines is 1. The van der Waals surface area contributed by atoms with E-state index in [1.54, 1.807) is 6.08 Å². The van der Waals surface area contributed by atoms with Gasteiger partial charge in [0.2, 0.25) is 17.7 Å². The van der Waals surface area contributed by atoms with Gasteiger partial charge in [-0.25, -0.2) is 0 Å². The number of nitrogens with zero attached hydrogens (tertiary/aromatic N) is 1. The molecule has 192 valence electrons. The molecule has 2 rings (SSSR count). The SMILES string of the molecule is C=C/C=C(\CC)C(=O)N(Cc1ccc(NC(=O)C(N)CCNC(=O)CCC)cc1)C1CCCCC1. The Balaban J connectivity index is 1.99. The number of allylic oxidation sites excluding steroid dienone is 2. The summed E-state index contributed by atoms with van der Waals surface area (Å²) >= 11 is 0. The van der Waals surface area contributed by atoms with Gasteiger partial charge >= 0.3 is 0 Å². The van der Waals surface area contributed by atoms with Crippen molar-refractivity contribution in [3.63, 3.8) is 0 Å². The van der Waals surface area contributed by atoms with Crippen molar-refractivity contribution in [2.45, 2.75) is 90.3 Å². The highest BCUT2D eigenvalue weighted by molar-refractivity contribution is 5.95. The van der Waals surface area contributed by atoms with Gasteiger partial charge in [-0.2, -0.15) is 0 Å². The molecule has 7 nitrogen and oxygen atoms in total. The van der Waals surface area contributed by atoms with Crippen molar-refractivity contribution in [3.05, 3.63) is 54.1 Å². The molecule has 1 aliphatic rings.